The number of hydrogen-bond acceptors (Lipinski definition) is 5. The van der Waals surface area contributed by atoms with Crippen molar-refractivity contribution < 1.29 is 4.79 Å². The third-order valence-corrected chi connectivity index (χ3v) is 2.09. The molecular formula is C8H11N5O. The van der Waals surface area contributed by atoms with E-state index in [4.69, 9.17) is 5.73 Å². The van der Waals surface area contributed by atoms with Crippen molar-refractivity contribution in [3.05, 3.63) is 5.69 Å². The number of anilines is 3. The molecule has 1 aliphatic rings. The third kappa shape index (κ3) is 1.24. The fourth-order valence-corrected chi connectivity index (χ4v) is 1.47. The van der Waals surface area contributed by atoms with Crippen molar-refractivity contribution in [3.8, 4) is 0 Å². The maximum absolute atomic E-state index is 11.2. The van der Waals surface area contributed by atoms with Crippen LogP contribution in [0.5, 0.6) is 0 Å². The van der Waals surface area contributed by atoms with Gasteiger partial charge in [0.05, 0.1) is 12.2 Å². The second-order valence-corrected chi connectivity index (χ2v) is 3.27. The largest absolute Gasteiger partial charge is 0.368 e. The van der Waals surface area contributed by atoms with E-state index < -0.39 is 0 Å². The smallest absolute Gasteiger partial charge is 0.244 e. The summed E-state index contributed by atoms with van der Waals surface area (Å²) < 4.78 is 0. The summed E-state index contributed by atoms with van der Waals surface area (Å²) >= 11 is 0. The zero-order chi connectivity index (χ0) is 10.3. The highest BCUT2D eigenvalue weighted by atomic mass is 16.2. The molecule has 2 rings (SSSR count). The molecule has 1 amide bonds. The Morgan fingerprint density at radius 3 is 2.93 bits per heavy atom. The van der Waals surface area contributed by atoms with E-state index in [1.807, 2.05) is 0 Å². The van der Waals surface area contributed by atoms with Gasteiger partial charge in [-0.25, -0.2) is 4.98 Å². The summed E-state index contributed by atoms with van der Waals surface area (Å²) in [6.07, 6.45) is 0. The summed E-state index contributed by atoms with van der Waals surface area (Å²) in [7, 11) is 1.80. The second-order valence-electron chi connectivity index (χ2n) is 3.27. The van der Waals surface area contributed by atoms with Gasteiger partial charge < -0.3 is 16.0 Å². The summed E-state index contributed by atoms with van der Waals surface area (Å²) in [5, 5.41) is 2.72. The Morgan fingerprint density at radius 1 is 1.50 bits per heavy atom. The van der Waals surface area contributed by atoms with Crippen LogP contribution in [0.3, 0.4) is 0 Å². The molecule has 6 nitrogen and oxygen atoms in total. The Labute approximate surface area is 81.1 Å². The highest BCUT2D eigenvalue weighted by Crippen LogP contribution is 2.28. The normalized spacial score (nSPS) is 15.0. The van der Waals surface area contributed by atoms with Crippen LogP contribution in [-0.4, -0.2) is 29.5 Å². The first kappa shape index (κ1) is 8.74. The number of rotatable bonds is 0. The molecule has 2 heterocycles. The van der Waals surface area contributed by atoms with Crippen LogP contribution in [0.1, 0.15) is 5.69 Å². The maximum Gasteiger partial charge on any atom is 0.244 e. The van der Waals surface area contributed by atoms with Gasteiger partial charge in [0.2, 0.25) is 11.9 Å². The van der Waals surface area contributed by atoms with E-state index in [1.165, 1.54) is 0 Å². The van der Waals surface area contributed by atoms with Crippen LogP contribution in [0.15, 0.2) is 0 Å². The fourth-order valence-electron chi connectivity index (χ4n) is 1.47. The van der Waals surface area contributed by atoms with Crippen LogP contribution < -0.4 is 16.0 Å². The van der Waals surface area contributed by atoms with Crippen molar-refractivity contribution >= 4 is 23.4 Å². The van der Waals surface area contributed by atoms with Gasteiger partial charge in [-0.3, -0.25) is 4.79 Å². The van der Waals surface area contributed by atoms with Crippen molar-refractivity contribution in [2.45, 2.75) is 6.92 Å². The van der Waals surface area contributed by atoms with Crippen molar-refractivity contribution in [1.29, 1.82) is 0 Å². The number of amides is 1. The molecule has 1 aromatic rings. The third-order valence-electron chi connectivity index (χ3n) is 2.09. The highest BCUT2D eigenvalue weighted by Gasteiger charge is 2.23. The molecule has 14 heavy (non-hydrogen) atoms. The highest BCUT2D eigenvalue weighted by molar-refractivity contribution is 6.00. The molecule has 0 bridgehead atoms. The molecule has 0 unspecified atom stereocenters. The number of aryl methyl sites for hydroxylation is 1. The summed E-state index contributed by atoms with van der Waals surface area (Å²) in [5.41, 5.74) is 6.86. The van der Waals surface area contributed by atoms with E-state index in [2.05, 4.69) is 15.3 Å². The van der Waals surface area contributed by atoms with Crippen molar-refractivity contribution in [1.82, 2.24) is 9.97 Å². The monoisotopic (exact) mass is 193 g/mol. The van der Waals surface area contributed by atoms with Crippen LogP contribution in [0.2, 0.25) is 0 Å². The molecule has 0 spiro atoms. The van der Waals surface area contributed by atoms with Gasteiger partial charge >= 0.3 is 0 Å². The van der Waals surface area contributed by atoms with Crippen LogP contribution in [0.4, 0.5) is 17.5 Å². The van der Waals surface area contributed by atoms with Gasteiger partial charge in [0.15, 0.2) is 5.82 Å². The molecule has 0 saturated carbocycles. The predicted molar refractivity (Wildman–Crippen MR) is 53.1 cm³/mol. The van der Waals surface area contributed by atoms with Crippen LogP contribution in [-0.2, 0) is 4.79 Å². The molecule has 74 valence electrons. The molecule has 0 fully saturated rings. The topological polar surface area (TPSA) is 84.1 Å². The van der Waals surface area contributed by atoms with Crippen LogP contribution in [0, 0.1) is 6.92 Å². The molecule has 0 atom stereocenters. The number of hydrogen-bond donors (Lipinski definition) is 2. The van der Waals surface area contributed by atoms with Crippen molar-refractivity contribution in [2.24, 2.45) is 0 Å². The zero-order valence-electron chi connectivity index (χ0n) is 8.03. The van der Waals surface area contributed by atoms with Crippen molar-refractivity contribution in [3.63, 3.8) is 0 Å². The van der Waals surface area contributed by atoms with E-state index in [-0.39, 0.29) is 11.9 Å². The molecule has 0 radical (unpaired) electrons. The number of nitrogens with two attached hydrogens (primary N) is 1. The number of aromatic nitrogens is 2. The van der Waals surface area contributed by atoms with E-state index in [0.717, 1.165) is 0 Å². The lowest BCUT2D eigenvalue weighted by Crippen LogP contribution is -2.36. The SMILES string of the molecule is Cc1nc(N)nc2c1NC(=O)CN2C. The summed E-state index contributed by atoms with van der Waals surface area (Å²) in [4.78, 5) is 21.0. The minimum Gasteiger partial charge on any atom is -0.368 e. The molecule has 6 heteroatoms. The lowest BCUT2D eigenvalue weighted by Gasteiger charge is -2.26. The maximum atomic E-state index is 11.2. The van der Waals surface area contributed by atoms with Gasteiger partial charge in [-0.05, 0) is 6.92 Å². The average Bonchev–Trinajstić information content (AvgIpc) is 2.07. The minimum absolute atomic E-state index is 0.0588. The summed E-state index contributed by atoms with van der Waals surface area (Å²) in [6.45, 7) is 2.08. The first-order chi connectivity index (χ1) is 6.58. The van der Waals surface area contributed by atoms with Gasteiger partial charge in [-0.1, -0.05) is 0 Å². The molecular weight excluding hydrogens is 182 g/mol. The number of nitrogens with one attached hydrogen (secondary N) is 1. The fraction of sp³-hybridized carbons (Fsp3) is 0.375. The number of nitrogen functional groups attached to an aromatic ring is 1. The van der Waals surface area contributed by atoms with Crippen LogP contribution in [0.25, 0.3) is 0 Å². The number of likely N-dealkylation sites (N-methyl/N-ethyl adjacent to an activating group) is 1. The zero-order valence-corrected chi connectivity index (χ0v) is 8.03. The Hall–Kier alpha value is -1.85. The number of fused-ring (bicyclic) bond motifs is 1. The Kier molecular flexibility index (Phi) is 1.77. The van der Waals surface area contributed by atoms with Gasteiger partial charge in [-0.15, -0.1) is 0 Å². The Balaban J connectivity index is 2.58. The van der Waals surface area contributed by atoms with E-state index in [9.17, 15) is 4.79 Å². The molecule has 1 aromatic heterocycles. The summed E-state index contributed by atoms with van der Waals surface area (Å²) in [5.74, 6) is 0.843. The van der Waals surface area contributed by atoms with E-state index in [1.54, 1.807) is 18.9 Å². The number of carbonyl (C=O) groups excluding carboxylic acids is 1. The molecule has 0 aliphatic carbocycles. The molecule has 3 N–H and O–H groups in total. The van der Waals surface area contributed by atoms with E-state index >= 15 is 0 Å². The first-order valence-electron chi connectivity index (χ1n) is 4.23. The number of carbonyl (C=O) groups is 1. The van der Waals surface area contributed by atoms with Gasteiger partial charge in [0.1, 0.15) is 5.69 Å². The Morgan fingerprint density at radius 2 is 2.21 bits per heavy atom. The van der Waals surface area contributed by atoms with Gasteiger partial charge in [-0.2, -0.15) is 4.98 Å². The Bertz CT molecular complexity index is 403. The predicted octanol–water partition coefficient (Wildman–Crippen LogP) is -0.244. The second kappa shape index (κ2) is 2.83. The minimum atomic E-state index is -0.0588. The van der Waals surface area contributed by atoms with E-state index in [0.29, 0.717) is 23.7 Å². The van der Waals surface area contributed by atoms with Gasteiger partial charge in [0, 0.05) is 7.05 Å². The standard InChI is InChI=1S/C8H11N5O/c1-4-6-7(12-8(9)10-4)13(2)3-5(14)11-6/h3H2,1-2H3,(H,11,14)(H2,9,10,12). The van der Waals surface area contributed by atoms with Crippen molar-refractivity contribution in [2.75, 3.05) is 29.5 Å². The number of nitrogens with zero attached hydrogens (tertiary/aromatic N) is 3. The molecule has 1 aliphatic heterocycles. The quantitative estimate of drug-likeness (QED) is 0.593. The molecule has 0 aromatic carbocycles. The first-order valence-corrected chi connectivity index (χ1v) is 4.23. The molecule has 0 saturated heterocycles. The lowest BCUT2D eigenvalue weighted by atomic mass is 10.2. The lowest BCUT2D eigenvalue weighted by molar-refractivity contribution is -0.115. The summed E-state index contributed by atoms with van der Waals surface area (Å²) in [6, 6.07) is 0. The van der Waals surface area contributed by atoms with Gasteiger partial charge in [0.25, 0.3) is 0 Å². The van der Waals surface area contributed by atoms with Crippen LogP contribution >= 0.6 is 0 Å². The average molecular weight is 193 g/mol.